The number of amides is 1. The fourth-order valence-corrected chi connectivity index (χ4v) is 2.52. The molecule has 0 aliphatic carbocycles. The molecule has 0 heterocycles. The van der Waals surface area contributed by atoms with Gasteiger partial charge in [0.25, 0.3) is 5.91 Å². The molecule has 0 saturated heterocycles. The average molecular weight is 358 g/mol. The number of benzene rings is 2. The van der Waals surface area contributed by atoms with E-state index >= 15 is 0 Å². The number of carbonyl (C=O) groups excluding carboxylic acids is 1. The number of anilines is 1. The number of carbonyl (C=O) groups is 1. The Hall–Kier alpha value is -2.05. The van der Waals surface area contributed by atoms with E-state index in [1.54, 1.807) is 11.4 Å². The molecule has 2 aromatic rings. The highest BCUT2D eigenvalue weighted by molar-refractivity contribution is 6.31. The number of halogens is 4. The second kappa shape index (κ2) is 7.68. The van der Waals surface area contributed by atoms with E-state index in [0.29, 0.717) is 10.7 Å². The van der Waals surface area contributed by atoms with Gasteiger partial charge in [-0.1, -0.05) is 29.8 Å². The largest absolute Gasteiger partial charge is 0.416 e. The molecule has 3 nitrogen and oxygen atoms in total. The van der Waals surface area contributed by atoms with Crippen LogP contribution in [0.15, 0.2) is 48.5 Å². The standard InChI is InChI=1S/C17H16ClF3N2O/c1-11(14-4-2-3-5-15(14)18)22-10-16(24)23-13-8-6-12(7-9-13)17(19,20)21/h2-9,11,22H,10H2,1H3,(H,23,24)/p+1/t11-/m1/s1. The van der Waals surface area contributed by atoms with Crippen molar-refractivity contribution in [3.8, 4) is 0 Å². The van der Waals surface area contributed by atoms with Gasteiger partial charge in [0, 0.05) is 16.3 Å². The van der Waals surface area contributed by atoms with Gasteiger partial charge in [0.05, 0.1) is 5.56 Å². The van der Waals surface area contributed by atoms with Gasteiger partial charge in [0.1, 0.15) is 6.04 Å². The zero-order valence-electron chi connectivity index (χ0n) is 12.9. The number of quaternary nitrogens is 1. The second-order valence-corrected chi connectivity index (χ2v) is 5.78. The molecule has 2 rings (SSSR count). The third kappa shape index (κ3) is 4.97. The molecule has 7 heteroatoms. The van der Waals surface area contributed by atoms with E-state index in [1.165, 1.54) is 12.1 Å². The third-order valence-corrected chi connectivity index (χ3v) is 3.89. The lowest BCUT2D eigenvalue weighted by Gasteiger charge is -2.13. The summed E-state index contributed by atoms with van der Waals surface area (Å²) >= 11 is 6.10. The quantitative estimate of drug-likeness (QED) is 0.843. The molecule has 0 spiro atoms. The number of nitrogens with two attached hydrogens (primary N) is 1. The predicted molar refractivity (Wildman–Crippen MR) is 86.7 cm³/mol. The highest BCUT2D eigenvalue weighted by Gasteiger charge is 2.30. The van der Waals surface area contributed by atoms with Gasteiger partial charge in [-0.2, -0.15) is 13.2 Å². The Morgan fingerprint density at radius 3 is 2.38 bits per heavy atom. The summed E-state index contributed by atoms with van der Waals surface area (Å²) < 4.78 is 37.4. The van der Waals surface area contributed by atoms with Gasteiger partial charge in [0.2, 0.25) is 0 Å². The van der Waals surface area contributed by atoms with Crippen LogP contribution in [0.25, 0.3) is 0 Å². The number of rotatable bonds is 5. The van der Waals surface area contributed by atoms with E-state index in [4.69, 9.17) is 11.6 Å². The summed E-state index contributed by atoms with van der Waals surface area (Å²) in [5.74, 6) is -0.298. The van der Waals surface area contributed by atoms with E-state index in [9.17, 15) is 18.0 Å². The van der Waals surface area contributed by atoms with Crippen molar-refractivity contribution in [1.82, 2.24) is 0 Å². The molecule has 24 heavy (non-hydrogen) atoms. The Morgan fingerprint density at radius 1 is 1.17 bits per heavy atom. The van der Waals surface area contributed by atoms with Crippen LogP contribution >= 0.6 is 11.6 Å². The van der Waals surface area contributed by atoms with Crippen molar-refractivity contribution < 1.29 is 23.3 Å². The maximum atomic E-state index is 12.5. The van der Waals surface area contributed by atoms with Gasteiger partial charge in [-0.15, -0.1) is 0 Å². The molecular formula is C17H17ClF3N2O+. The first-order valence-electron chi connectivity index (χ1n) is 7.32. The summed E-state index contributed by atoms with van der Waals surface area (Å²) in [4.78, 5) is 11.9. The highest BCUT2D eigenvalue weighted by Crippen LogP contribution is 2.29. The fraction of sp³-hybridized carbons (Fsp3) is 0.235. The smallest absolute Gasteiger partial charge is 0.332 e. The van der Waals surface area contributed by atoms with E-state index < -0.39 is 11.7 Å². The third-order valence-electron chi connectivity index (χ3n) is 3.55. The first-order chi connectivity index (χ1) is 11.3. The minimum atomic E-state index is -4.39. The average Bonchev–Trinajstić information content (AvgIpc) is 2.53. The molecule has 0 aromatic heterocycles. The summed E-state index contributed by atoms with van der Waals surface area (Å²) in [5.41, 5.74) is 0.493. The van der Waals surface area contributed by atoms with Crippen LogP contribution in [0.5, 0.6) is 0 Å². The molecule has 0 bridgehead atoms. The number of hydrogen-bond donors (Lipinski definition) is 2. The van der Waals surface area contributed by atoms with Crippen LogP contribution in [0.2, 0.25) is 5.02 Å². The van der Waals surface area contributed by atoms with Crippen molar-refractivity contribution in [3.05, 3.63) is 64.7 Å². The zero-order valence-corrected chi connectivity index (χ0v) is 13.7. The van der Waals surface area contributed by atoms with Gasteiger partial charge >= 0.3 is 6.18 Å². The predicted octanol–water partition coefficient (Wildman–Crippen LogP) is 3.62. The molecule has 0 radical (unpaired) electrons. The lowest BCUT2D eigenvalue weighted by Crippen LogP contribution is -2.86. The molecule has 128 valence electrons. The van der Waals surface area contributed by atoms with Crippen LogP contribution in [-0.2, 0) is 11.0 Å². The highest BCUT2D eigenvalue weighted by atomic mass is 35.5. The maximum absolute atomic E-state index is 12.5. The Balaban J connectivity index is 1.88. The van der Waals surface area contributed by atoms with Crippen LogP contribution in [-0.4, -0.2) is 12.5 Å². The van der Waals surface area contributed by atoms with Crippen LogP contribution in [0.4, 0.5) is 18.9 Å². The lowest BCUT2D eigenvalue weighted by molar-refractivity contribution is -0.682. The van der Waals surface area contributed by atoms with Gasteiger partial charge in [-0.05, 0) is 37.3 Å². The molecule has 1 atom stereocenters. The lowest BCUT2D eigenvalue weighted by atomic mass is 10.1. The van der Waals surface area contributed by atoms with Crippen LogP contribution in [0, 0.1) is 0 Å². The van der Waals surface area contributed by atoms with E-state index in [1.807, 2.05) is 25.1 Å². The molecule has 0 unspecified atom stereocenters. The molecule has 0 aliphatic heterocycles. The Kier molecular flexibility index (Phi) is 5.85. The number of hydrogen-bond acceptors (Lipinski definition) is 1. The van der Waals surface area contributed by atoms with E-state index in [2.05, 4.69) is 5.32 Å². The minimum absolute atomic E-state index is 0.0166. The van der Waals surface area contributed by atoms with Gasteiger partial charge in [-0.3, -0.25) is 4.79 Å². The monoisotopic (exact) mass is 357 g/mol. The Bertz CT molecular complexity index is 702. The summed E-state index contributed by atoms with van der Waals surface area (Å²) in [5, 5.41) is 5.01. The van der Waals surface area contributed by atoms with E-state index in [-0.39, 0.29) is 18.5 Å². The maximum Gasteiger partial charge on any atom is 0.416 e. The molecule has 0 fully saturated rings. The van der Waals surface area contributed by atoms with Crippen LogP contribution < -0.4 is 10.6 Å². The van der Waals surface area contributed by atoms with Crippen molar-refractivity contribution in [2.75, 3.05) is 11.9 Å². The fourth-order valence-electron chi connectivity index (χ4n) is 2.21. The zero-order chi connectivity index (χ0) is 17.7. The van der Waals surface area contributed by atoms with Crippen molar-refractivity contribution in [2.24, 2.45) is 0 Å². The van der Waals surface area contributed by atoms with Gasteiger partial charge in [0.15, 0.2) is 6.54 Å². The summed E-state index contributed by atoms with van der Waals surface area (Å²) in [6.45, 7) is 2.06. The van der Waals surface area contributed by atoms with Crippen molar-refractivity contribution in [1.29, 1.82) is 0 Å². The Labute approximate surface area is 142 Å². The van der Waals surface area contributed by atoms with E-state index in [0.717, 1.165) is 17.7 Å². The number of alkyl halides is 3. The Morgan fingerprint density at radius 2 is 1.79 bits per heavy atom. The molecule has 3 N–H and O–H groups in total. The van der Waals surface area contributed by atoms with Crippen molar-refractivity contribution >= 4 is 23.2 Å². The molecule has 2 aromatic carbocycles. The summed E-state index contributed by atoms with van der Waals surface area (Å²) in [7, 11) is 0. The van der Waals surface area contributed by atoms with Crippen molar-refractivity contribution in [3.63, 3.8) is 0 Å². The molecular weight excluding hydrogens is 341 g/mol. The van der Waals surface area contributed by atoms with Crippen molar-refractivity contribution in [2.45, 2.75) is 19.1 Å². The van der Waals surface area contributed by atoms with Crippen LogP contribution in [0.1, 0.15) is 24.1 Å². The van der Waals surface area contributed by atoms with Gasteiger partial charge in [-0.25, -0.2) is 0 Å². The molecule has 1 amide bonds. The first kappa shape index (κ1) is 18.3. The second-order valence-electron chi connectivity index (χ2n) is 5.37. The normalized spacial score (nSPS) is 12.7. The van der Waals surface area contributed by atoms with Gasteiger partial charge < -0.3 is 10.6 Å². The first-order valence-corrected chi connectivity index (χ1v) is 7.70. The SMILES string of the molecule is C[C@@H]([NH2+]CC(=O)Nc1ccc(C(F)(F)F)cc1)c1ccccc1Cl. The molecule has 0 saturated carbocycles. The summed E-state index contributed by atoms with van der Waals surface area (Å²) in [6, 6.07) is 11.7. The minimum Gasteiger partial charge on any atom is -0.332 e. The molecule has 0 aliphatic rings. The van der Waals surface area contributed by atoms with Crippen LogP contribution in [0.3, 0.4) is 0 Å². The number of nitrogens with one attached hydrogen (secondary N) is 1. The summed E-state index contributed by atoms with van der Waals surface area (Å²) in [6.07, 6.45) is -4.39. The topological polar surface area (TPSA) is 45.7 Å².